The average molecular weight is 899 g/mol. The summed E-state index contributed by atoms with van der Waals surface area (Å²) >= 11 is 0. The average Bonchev–Trinajstić information content (AvgIpc) is 3.84. The van der Waals surface area contributed by atoms with Gasteiger partial charge in [0.05, 0.1) is 33.4 Å². The molecule has 0 saturated heterocycles. The number of nitrogens with zero attached hydrogens (tertiary/aromatic N) is 6. The standard InChI is InChI=1S/C48H46F4N12O2/c1-25-11-8-9-13-33(25)55-44(65)63(28-19-15-26(16-20-28)30-23-35(46(2,3)4)57-42-37(30)40(53)59-61-42)64(45(66)56-34-14-10-12-32(39(34)49)48(50,51)52)29-21-17-27(18-22-29)31-24-36(47(5,6)7)58-43-38(31)41(54)60-62-43/h8-24H,1-7H3,(H,55,65)(H,56,66)(H3,53,57,59,61)(H3,54,58,60,62). The fourth-order valence-electron chi connectivity index (χ4n) is 7.43. The first kappa shape index (κ1) is 44.6. The molecule has 4 aromatic heterocycles. The summed E-state index contributed by atoms with van der Waals surface area (Å²) in [5.74, 6) is -1.14. The fraction of sp³-hybridized carbons (Fsp3) is 0.208. The Labute approximate surface area is 376 Å². The first-order chi connectivity index (χ1) is 31.1. The number of benzene rings is 4. The lowest BCUT2D eigenvalue weighted by molar-refractivity contribution is -0.139. The molecule has 4 heterocycles. The van der Waals surface area contributed by atoms with Crippen LogP contribution in [0.5, 0.6) is 0 Å². The number of rotatable bonds is 6. The number of aryl methyl sites for hydroxylation is 1. The number of carbonyl (C=O) groups is 2. The Morgan fingerprint density at radius 3 is 1.45 bits per heavy atom. The van der Waals surface area contributed by atoms with Gasteiger partial charge < -0.3 is 22.1 Å². The van der Waals surface area contributed by atoms with Crippen molar-refractivity contribution in [2.45, 2.75) is 65.5 Å². The van der Waals surface area contributed by atoms with Gasteiger partial charge in [-0.3, -0.25) is 10.2 Å². The summed E-state index contributed by atoms with van der Waals surface area (Å²) in [6, 6.07) is 24.4. The van der Waals surface area contributed by atoms with E-state index in [2.05, 4.69) is 31.0 Å². The summed E-state index contributed by atoms with van der Waals surface area (Å²) in [5, 5.41) is 22.4. The van der Waals surface area contributed by atoms with Crippen molar-refractivity contribution in [3.63, 3.8) is 0 Å². The van der Waals surface area contributed by atoms with Crippen molar-refractivity contribution in [3.8, 4) is 22.3 Å². The fourth-order valence-corrected chi connectivity index (χ4v) is 7.43. The normalized spacial score (nSPS) is 12.1. The van der Waals surface area contributed by atoms with E-state index >= 15 is 4.39 Å². The number of nitrogens with two attached hydrogens (primary N) is 2. The van der Waals surface area contributed by atoms with Crippen LogP contribution in [0, 0.1) is 12.7 Å². The number of carbonyl (C=O) groups excluding carboxylic acids is 2. The smallest absolute Gasteiger partial charge is 0.383 e. The van der Waals surface area contributed by atoms with Crippen LogP contribution in [-0.2, 0) is 17.0 Å². The van der Waals surface area contributed by atoms with E-state index in [1.807, 2.05) is 53.7 Å². The van der Waals surface area contributed by atoms with Crippen molar-refractivity contribution >= 4 is 68.5 Å². The van der Waals surface area contributed by atoms with Crippen LogP contribution in [-0.4, -0.2) is 42.4 Å². The van der Waals surface area contributed by atoms with Crippen molar-refractivity contribution in [2.75, 3.05) is 32.1 Å². The summed E-state index contributed by atoms with van der Waals surface area (Å²) in [5.41, 5.74) is 15.8. The Kier molecular flexibility index (Phi) is 11.2. The van der Waals surface area contributed by atoms with Crippen LogP contribution in [0.3, 0.4) is 0 Å². The van der Waals surface area contributed by atoms with Gasteiger partial charge in [0.2, 0.25) is 0 Å². The molecule has 8 aromatic rings. The molecule has 0 bridgehead atoms. The van der Waals surface area contributed by atoms with Crippen molar-refractivity contribution in [1.29, 1.82) is 0 Å². The number of para-hydroxylation sites is 1. The Hall–Kier alpha value is -8.02. The maximum atomic E-state index is 15.6. The van der Waals surface area contributed by atoms with E-state index in [1.54, 1.807) is 79.7 Å². The van der Waals surface area contributed by atoms with Crippen LogP contribution in [0.1, 0.15) is 64.1 Å². The Balaban J connectivity index is 1.30. The molecule has 18 heteroatoms. The second-order valence-electron chi connectivity index (χ2n) is 17.8. The number of H-pyrrole nitrogens is 2. The number of pyridine rings is 2. The molecule has 0 unspecified atom stereocenters. The lowest BCUT2D eigenvalue weighted by atomic mass is 9.89. The molecular weight excluding hydrogens is 853 g/mol. The minimum Gasteiger partial charge on any atom is -0.383 e. The van der Waals surface area contributed by atoms with Gasteiger partial charge in [0.15, 0.2) is 17.1 Å². The predicted molar refractivity (Wildman–Crippen MR) is 250 cm³/mol. The van der Waals surface area contributed by atoms with Gasteiger partial charge >= 0.3 is 18.2 Å². The van der Waals surface area contributed by atoms with Crippen molar-refractivity contribution in [1.82, 2.24) is 30.4 Å². The van der Waals surface area contributed by atoms with Crippen LogP contribution in [0.4, 0.5) is 61.5 Å². The molecule has 0 atom stereocenters. The molecule has 338 valence electrons. The summed E-state index contributed by atoms with van der Waals surface area (Å²) in [4.78, 5) is 39.1. The number of nitrogen functional groups attached to an aromatic ring is 2. The zero-order valence-corrected chi connectivity index (χ0v) is 37.0. The number of aromatic nitrogens is 6. The highest BCUT2D eigenvalue weighted by molar-refractivity contribution is 6.13. The van der Waals surface area contributed by atoms with E-state index in [4.69, 9.17) is 21.4 Å². The van der Waals surface area contributed by atoms with E-state index in [9.17, 15) is 22.8 Å². The lowest BCUT2D eigenvalue weighted by Crippen LogP contribution is -2.54. The SMILES string of the molecule is Cc1ccccc1NC(=O)N(c1ccc(-c2cc(C(C)(C)C)nc3n[nH]c(N)c23)cc1)N(C(=O)Nc1cccc(C(F)(F)F)c1F)c1ccc(-c2cc(C(C)(C)C)nc3n[nH]c(N)c23)cc1. The zero-order valence-electron chi connectivity index (χ0n) is 37.0. The highest BCUT2D eigenvalue weighted by atomic mass is 19.4. The van der Waals surface area contributed by atoms with Crippen LogP contribution in [0.15, 0.2) is 103 Å². The Bertz CT molecular complexity index is 3150. The summed E-state index contributed by atoms with van der Waals surface area (Å²) < 4.78 is 57.4. The lowest BCUT2D eigenvalue weighted by Gasteiger charge is -2.35. The molecular formula is C48H46F4N12O2. The maximum absolute atomic E-state index is 15.6. The number of anilines is 6. The Morgan fingerprint density at radius 2 is 1.03 bits per heavy atom. The highest BCUT2D eigenvalue weighted by Gasteiger charge is 2.37. The molecule has 0 radical (unpaired) electrons. The summed E-state index contributed by atoms with van der Waals surface area (Å²) in [7, 11) is 0. The van der Waals surface area contributed by atoms with Crippen LogP contribution in [0.25, 0.3) is 44.3 Å². The van der Waals surface area contributed by atoms with Gasteiger partial charge in [-0.2, -0.15) is 33.4 Å². The largest absolute Gasteiger partial charge is 0.419 e. The van der Waals surface area contributed by atoms with Crippen LogP contribution in [0.2, 0.25) is 0 Å². The third-order valence-electron chi connectivity index (χ3n) is 11.0. The molecule has 0 aliphatic heterocycles. The Morgan fingerprint density at radius 1 is 0.606 bits per heavy atom. The quantitative estimate of drug-likeness (QED) is 0.0699. The van der Waals surface area contributed by atoms with E-state index in [-0.39, 0.29) is 28.0 Å². The van der Waals surface area contributed by atoms with E-state index < -0.39 is 35.3 Å². The maximum Gasteiger partial charge on any atom is 0.419 e. The second-order valence-corrected chi connectivity index (χ2v) is 17.8. The zero-order chi connectivity index (χ0) is 47.5. The van der Waals surface area contributed by atoms with Gasteiger partial charge in [-0.15, -0.1) is 0 Å². The number of hydrogen-bond acceptors (Lipinski definition) is 8. The number of fused-ring (bicyclic) bond motifs is 2. The predicted octanol–water partition coefficient (Wildman–Crippen LogP) is 11.5. The van der Waals surface area contributed by atoms with Crippen LogP contribution >= 0.6 is 0 Å². The first-order valence-electron chi connectivity index (χ1n) is 20.7. The van der Waals surface area contributed by atoms with Crippen molar-refractivity contribution in [2.24, 2.45) is 0 Å². The number of urea groups is 2. The molecule has 0 fully saturated rings. The van der Waals surface area contributed by atoms with Crippen LogP contribution < -0.4 is 32.1 Å². The number of hydrogen-bond donors (Lipinski definition) is 6. The monoisotopic (exact) mass is 898 g/mol. The van der Waals surface area contributed by atoms with Gasteiger partial charge in [0, 0.05) is 27.9 Å². The van der Waals surface area contributed by atoms with E-state index in [1.165, 1.54) is 0 Å². The summed E-state index contributed by atoms with van der Waals surface area (Å²) in [6.07, 6.45) is -5.07. The third-order valence-corrected chi connectivity index (χ3v) is 11.0. The molecule has 8 N–H and O–H groups in total. The van der Waals surface area contributed by atoms with Gasteiger partial charge in [0.25, 0.3) is 0 Å². The van der Waals surface area contributed by atoms with Gasteiger partial charge in [-0.25, -0.2) is 23.9 Å². The molecule has 4 amide bonds. The van der Waals surface area contributed by atoms with Gasteiger partial charge in [0.1, 0.15) is 11.6 Å². The first-order valence-corrected chi connectivity index (χ1v) is 20.7. The molecule has 4 aromatic carbocycles. The number of amides is 4. The minimum atomic E-state index is -5.07. The molecule has 66 heavy (non-hydrogen) atoms. The molecule has 14 nitrogen and oxygen atoms in total. The third kappa shape index (κ3) is 8.51. The molecule has 0 aliphatic rings. The van der Waals surface area contributed by atoms with E-state index in [0.29, 0.717) is 67.5 Å². The number of nitrogens with one attached hydrogen (secondary N) is 4. The van der Waals surface area contributed by atoms with Crippen molar-refractivity contribution < 1.29 is 27.2 Å². The molecule has 0 spiro atoms. The minimum absolute atomic E-state index is 0.0611. The van der Waals surface area contributed by atoms with E-state index in [0.717, 1.165) is 33.5 Å². The highest BCUT2D eigenvalue weighted by Crippen LogP contribution is 2.39. The number of aromatic amines is 2. The molecule has 0 aliphatic carbocycles. The number of halogens is 4. The van der Waals surface area contributed by atoms with Gasteiger partial charge in [-0.1, -0.05) is 90.1 Å². The number of hydrazine groups is 1. The molecule has 8 rings (SSSR count). The summed E-state index contributed by atoms with van der Waals surface area (Å²) in [6.45, 7) is 13.8. The van der Waals surface area contributed by atoms with Crippen molar-refractivity contribution in [3.05, 3.63) is 131 Å². The topological polar surface area (TPSA) is 200 Å². The number of alkyl halides is 3. The second kappa shape index (κ2) is 16.5. The molecule has 0 saturated carbocycles. The van der Waals surface area contributed by atoms with Gasteiger partial charge in [-0.05, 0) is 89.3 Å².